The zero-order valence-corrected chi connectivity index (χ0v) is 26.0. The highest BCUT2D eigenvalue weighted by molar-refractivity contribution is 5.70. The van der Waals surface area contributed by atoms with Crippen LogP contribution < -0.4 is 5.32 Å². The highest BCUT2D eigenvalue weighted by Gasteiger charge is 2.30. The zero-order valence-electron chi connectivity index (χ0n) is 26.0. The van der Waals surface area contributed by atoms with Crippen molar-refractivity contribution < 1.29 is 23.8 Å². The van der Waals surface area contributed by atoms with E-state index >= 15 is 0 Å². The number of amides is 1. The molecule has 0 rings (SSSR count). The molecule has 0 aliphatic heterocycles. The van der Waals surface area contributed by atoms with Crippen LogP contribution in [0, 0.1) is 11.8 Å². The first-order valence-electron chi connectivity index (χ1n) is 16.7. The molecule has 0 spiro atoms. The molecule has 0 aromatic heterocycles. The smallest absolute Gasteiger partial charge is 0.407 e. The van der Waals surface area contributed by atoms with Crippen molar-refractivity contribution in [2.24, 2.45) is 11.8 Å². The lowest BCUT2D eigenvalue weighted by atomic mass is 9.84. The molecular formula is C33H64FNO4. The molecule has 6 heteroatoms. The molecule has 5 nitrogen and oxygen atoms in total. The second-order valence-corrected chi connectivity index (χ2v) is 11.7. The molecule has 0 bridgehead atoms. The summed E-state index contributed by atoms with van der Waals surface area (Å²) in [7, 11) is 0. The van der Waals surface area contributed by atoms with Crippen molar-refractivity contribution in [2.75, 3.05) is 13.2 Å². The number of rotatable bonds is 29. The Hall–Kier alpha value is -1.33. The summed E-state index contributed by atoms with van der Waals surface area (Å²) >= 11 is 0. The zero-order chi connectivity index (χ0) is 29.0. The number of halogens is 1. The number of hydrogen-bond donors (Lipinski definition) is 2. The minimum atomic E-state index is -1.04. The van der Waals surface area contributed by atoms with Gasteiger partial charge in [-0.3, -0.25) is 4.79 Å². The van der Waals surface area contributed by atoms with E-state index in [1.807, 2.05) is 0 Å². The number of unbranched alkanes of at least 4 members (excludes halogenated alkanes) is 18. The lowest BCUT2D eigenvalue weighted by Crippen LogP contribution is -2.28. The van der Waals surface area contributed by atoms with Crippen molar-refractivity contribution >= 4 is 12.1 Å². The minimum Gasteiger partial charge on any atom is -0.481 e. The van der Waals surface area contributed by atoms with Crippen LogP contribution in [0.25, 0.3) is 0 Å². The molecule has 0 saturated carbocycles. The molecule has 39 heavy (non-hydrogen) atoms. The topological polar surface area (TPSA) is 75.6 Å². The summed E-state index contributed by atoms with van der Waals surface area (Å²) in [5.74, 6) is -1.95. The van der Waals surface area contributed by atoms with E-state index in [0.717, 1.165) is 57.8 Å². The summed E-state index contributed by atoms with van der Waals surface area (Å²) in [5.41, 5.74) is 0. The van der Waals surface area contributed by atoms with Gasteiger partial charge < -0.3 is 15.2 Å². The number of alkyl halides is 1. The second-order valence-electron chi connectivity index (χ2n) is 11.7. The van der Waals surface area contributed by atoms with Crippen LogP contribution in [0.5, 0.6) is 0 Å². The Morgan fingerprint density at radius 3 is 1.64 bits per heavy atom. The van der Waals surface area contributed by atoms with E-state index in [1.165, 1.54) is 77.0 Å². The highest BCUT2D eigenvalue weighted by atomic mass is 19.1. The molecule has 3 unspecified atom stereocenters. The number of nitrogens with one attached hydrogen (secondary N) is 1. The number of hydrogen-bond acceptors (Lipinski definition) is 3. The first-order chi connectivity index (χ1) is 18.9. The predicted molar refractivity (Wildman–Crippen MR) is 162 cm³/mol. The quantitative estimate of drug-likeness (QED) is 0.0897. The average Bonchev–Trinajstić information content (AvgIpc) is 2.91. The van der Waals surface area contributed by atoms with Crippen molar-refractivity contribution in [1.29, 1.82) is 0 Å². The highest BCUT2D eigenvalue weighted by Crippen LogP contribution is 2.27. The Labute approximate surface area is 240 Å². The normalized spacial score (nSPS) is 13.6. The van der Waals surface area contributed by atoms with Crippen LogP contribution in [0.3, 0.4) is 0 Å². The van der Waals surface area contributed by atoms with Gasteiger partial charge in [0, 0.05) is 12.5 Å². The van der Waals surface area contributed by atoms with Gasteiger partial charge in [-0.05, 0) is 25.7 Å². The van der Waals surface area contributed by atoms with Gasteiger partial charge in [0.2, 0.25) is 0 Å². The molecule has 2 N–H and O–H groups in total. The summed E-state index contributed by atoms with van der Waals surface area (Å²) in [5, 5.41) is 12.3. The molecule has 0 saturated heterocycles. The van der Waals surface area contributed by atoms with Crippen LogP contribution in [0.2, 0.25) is 0 Å². The molecule has 0 aromatic rings. The van der Waals surface area contributed by atoms with Gasteiger partial charge >= 0.3 is 12.1 Å². The Bertz CT molecular complexity index is 560. The SMILES string of the molecule is CCCCCCCCCCCCCCCCOC(=O)NCCCCCCC(C(=O)O)C(C)C(F)CCCCC. The number of alkyl carbamates (subject to hydrolysis) is 1. The van der Waals surface area contributed by atoms with Gasteiger partial charge in [-0.1, -0.05) is 143 Å². The number of ether oxygens (including phenoxy) is 1. The van der Waals surface area contributed by atoms with E-state index in [4.69, 9.17) is 4.74 Å². The number of carboxylic acids is 1. The monoisotopic (exact) mass is 557 g/mol. The van der Waals surface area contributed by atoms with Gasteiger partial charge in [0.05, 0.1) is 12.5 Å². The van der Waals surface area contributed by atoms with E-state index in [0.29, 0.717) is 26.0 Å². The number of carbonyl (C=O) groups excluding carboxylic acids is 1. The Balaban J connectivity index is 3.56. The third-order valence-corrected chi connectivity index (χ3v) is 8.05. The van der Waals surface area contributed by atoms with Crippen LogP contribution in [0.1, 0.15) is 168 Å². The fourth-order valence-electron chi connectivity index (χ4n) is 5.26. The largest absolute Gasteiger partial charge is 0.481 e. The van der Waals surface area contributed by atoms with Gasteiger partial charge in [-0.15, -0.1) is 0 Å². The number of carbonyl (C=O) groups is 2. The van der Waals surface area contributed by atoms with Gasteiger partial charge in [-0.2, -0.15) is 0 Å². The van der Waals surface area contributed by atoms with Crippen LogP contribution in [0.15, 0.2) is 0 Å². The summed E-state index contributed by atoms with van der Waals surface area (Å²) in [6, 6.07) is 0. The fraction of sp³-hybridized carbons (Fsp3) is 0.939. The molecule has 0 radical (unpaired) electrons. The third-order valence-electron chi connectivity index (χ3n) is 8.05. The van der Waals surface area contributed by atoms with E-state index in [-0.39, 0.29) is 6.09 Å². The van der Waals surface area contributed by atoms with E-state index in [2.05, 4.69) is 19.2 Å². The van der Waals surface area contributed by atoms with Gasteiger partial charge in [0.15, 0.2) is 0 Å². The Morgan fingerprint density at radius 1 is 0.667 bits per heavy atom. The first kappa shape index (κ1) is 37.7. The lowest BCUT2D eigenvalue weighted by Gasteiger charge is -2.23. The molecule has 0 fully saturated rings. The molecule has 0 aliphatic carbocycles. The fourth-order valence-corrected chi connectivity index (χ4v) is 5.26. The number of aliphatic carboxylic acids is 1. The van der Waals surface area contributed by atoms with Crippen LogP contribution >= 0.6 is 0 Å². The summed E-state index contributed by atoms with van der Waals surface area (Å²) in [4.78, 5) is 23.5. The van der Waals surface area contributed by atoms with Crippen LogP contribution in [-0.2, 0) is 9.53 Å². The van der Waals surface area contributed by atoms with Gasteiger partial charge in [-0.25, -0.2) is 9.18 Å². The van der Waals surface area contributed by atoms with Crippen molar-refractivity contribution in [2.45, 2.75) is 175 Å². The summed E-state index contributed by atoms with van der Waals surface area (Å²) in [6.07, 6.45) is 24.1. The summed E-state index contributed by atoms with van der Waals surface area (Å²) < 4.78 is 19.7. The molecule has 0 heterocycles. The van der Waals surface area contributed by atoms with Crippen molar-refractivity contribution in [3.05, 3.63) is 0 Å². The maximum Gasteiger partial charge on any atom is 0.407 e. The first-order valence-corrected chi connectivity index (χ1v) is 16.7. The minimum absolute atomic E-state index is 0.346. The molecule has 0 aromatic carbocycles. The van der Waals surface area contributed by atoms with Gasteiger partial charge in [0.1, 0.15) is 6.17 Å². The third kappa shape index (κ3) is 24.2. The molecule has 232 valence electrons. The van der Waals surface area contributed by atoms with Crippen LogP contribution in [-0.4, -0.2) is 36.5 Å². The van der Waals surface area contributed by atoms with E-state index < -0.39 is 24.0 Å². The predicted octanol–water partition coefficient (Wildman–Crippen LogP) is 10.4. The van der Waals surface area contributed by atoms with E-state index in [9.17, 15) is 19.1 Å². The molecular weight excluding hydrogens is 493 g/mol. The maximum absolute atomic E-state index is 14.4. The summed E-state index contributed by atoms with van der Waals surface area (Å²) in [6.45, 7) is 7.13. The van der Waals surface area contributed by atoms with E-state index in [1.54, 1.807) is 6.92 Å². The van der Waals surface area contributed by atoms with Crippen molar-refractivity contribution in [1.82, 2.24) is 5.32 Å². The van der Waals surface area contributed by atoms with Gasteiger partial charge in [0.25, 0.3) is 0 Å². The second kappa shape index (κ2) is 28.2. The average molecular weight is 558 g/mol. The molecule has 1 amide bonds. The maximum atomic E-state index is 14.4. The standard InChI is InChI=1S/C33H64FNO4/c1-4-6-8-9-10-11-12-13-14-15-16-17-20-24-28-39-33(38)35-27-23-19-18-22-25-30(32(36)37)29(3)31(34)26-21-7-5-2/h29-31H,4-28H2,1-3H3,(H,35,38)(H,36,37). The molecule has 0 aliphatic rings. The lowest BCUT2D eigenvalue weighted by molar-refractivity contribution is -0.144. The molecule has 3 atom stereocenters. The van der Waals surface area contributed by atoms with Crippen molar-refractivity contribution in [3.63, 3.8) is 0 Å². The Morgan fingerprint density at radius 2 is 1.10 bits per heavy atom. The van der Waals surface area contributed by atoms with Crippen LogP contribution in [0.4, 0.5) is 9.18 Å². The Kier molecular flexibility index (Phi) is 27.2. The number of carboxylic acid groups (broad SMARTS) is 1. The van der Waals surface area contributed by atoms with Crippen molar-refractivity contribution in [3.8, 4) is 0 Å².